The molecule has 0 aliphatic carbocycles. The quantitative estimate of drug-likeness (QED) is 0.551. The minimum absolute atomic E-state index is 0.254. The summed E-state index contributed by atoms with van der Waals surface area (Å²) in [5.41, 5.74) is 18.3. The van der Waals surface area contributed by atoms with E-state index in [4.69, 9.17) is 21.9 Å². The second kappa shape index (κ2) is 5.69. The first kappa shape index (κ1) is 12.8. The zero-order chi connectivity index (χ0) is 12.8. The average molecular weight is 234 g/mol. The smallest absolute Gasteiger partial charge is 0.122 e. The topological polar surface area (TPSA) is 99.3 Å². The van der Waals surface area contributed by atoms with Crippen LogP contribution in [0, 0.1) is 0 Å². The SMILES string of the molecule is C=C(N)/C(N)=C(\N)NCc1ccc(OC)cc1. The van der Waals surface area contributed by atoms with E-state index >= 15 is 0 Å². The van der Waals surface area contributed by atoms with E-state index in [1.807, 2.05) is 24.3 Å². The number of rotatable bonds is 5. The van der Waals surface area contributed by atoms with Crippen molar-refractivity contribution in [3.05, 3.63) is 53.6 Å². The summed E-state index contributed by atoms with van der Waals surface area (Å²) in [6.45, 7) is 4.07. The van der Waals surface area contributed by atoms with Crippen LogP contribution < -0.4 is 27.3 Å². The van der Waals surface area contributed by atoms with Crippen LogP contribution in [0.3, 0.4) is 0 Å². The van der Waals surface area contributed by atoms with Gasteiger partial charge in [-0.1, -0.05) is 18.7 Å². The van der Waals surface area contributed by atoms with Crippen LogP contribution >= 0.6 is 0 Å². The Morgan fingerprint density at radius 1 is 1.24 bits per heavy atom. The second-order valence-electron chi connectivity index (χ2n) is 3.55. The Kier molecular flexibility index (Phi) is 4.28. The summed E-state index contributed by atoms with van der Waals surface area (Å²) in [6.07, 6.45) is 0. The predicted molar refractivity (Wildman–Crippen MR) is 68.6 cm³/mol. The van der Waals surface area contributed by atoms with Crippen LogP contribution in [0.4, 0.5) is 0 Å². The number of benzene rings is 1. The Morgan fingerprint density at radius 2 is 1.82 bits per heavy atom. The Balaban J connectivity index is 2.61. The van der Waals surface area contributed by atoms with Gasteiger partial charge in [0.15, 0.2) is 0 Å². The van der Waals surface area contributed by atoms with Crippen LogP contribution in [-0.2, 0) is 6.54 Å². The molecular formula is C12H18N4O. The fourth-order valence-electron chi connectivity index (χ4n) is 1.21. The summed E-state index contributed by atoms with van der Waals surface area (Å²) >= 11 is 0. The molecule has 0 saturated heterocycles. The van der Waals surface area contributed by atoms with Crippen molar-refractivity contribution in [3.63, 3.8) is 0 Å². The fourth-order valence-corrected chi connectivity index (χ4v) is 1.21. The highest BCUT2D eigenvalue weighted by Crippen LogP contribution is 2.11. The molecule has 7 N–H and O–H groups in total. The maximum atomic E-state index is 5.70. The minimum atomic E-state index is 0.254. The molecule has 17 heavy (non-hydrogen) atoms. The molecule has 0 atom stereocenters. The lowest BCUT2D eigenvalue weighted by molar-refractivity contribution is 0.414. The average Bonchev–Trinajstić information content (AvgIpc) is 2.35. The number of hydrogen-bond acceptors (Lipinski definition) is 5. The summed E-state index contributed by atoms with van der Waals surface area (Å²) in [6, 6.07) is 7.63. The van der Waals surface area contributed by atoms with Gasteiger partial charge < -0.3 is 27.3 Å². The molecule has 0 aliphatic rings. The van der Waals surface area contributed by atoms with Crippen molar-refractivity contribution in [2.45, 2.75) is 6.54 Å². The summed E-state index contributed by atoms with van der Waals surface area (Å²) in [4.78, 5) is 0. The van der Waals surface area contributed by atoms with Crippen molar-refractivity contribution in [1.29, 1.82) is 0 Å². The molecule has 0 aliphatic heterocycles. The molecular weight excluding hydrogens is 216 g/mol. The Bertz CT molecular complexity index is 423. The zero-order valence-corrected chi connectivity index (χ0v) is 9.86. The molecule has 1 rings (SSSR count). The molecule has 0 saturated carbocycles. The van der Waals surface area contributed by atoms with Crippen LogP contribution in [0.25, 0.3) is 0 Å². The highest BCUT2D eigenvalue weighted by molar-refractivity contribution is 5.29. The first-order valence-corrected chi connectivity index (χ1v) is 5.11. The highest BCUT2D eigenvalue weighted by atomic mass is 16.5. The molecule has 0 fully saturated rings. The minimum Gasteiger partial charge on any atom is -0.497 e. The molecule has 0 unspecified atom stereocenters. The van der Waals surface area contributed by atoms with Gasteiger partial charge in [0.25, 0.3) is 0 Å². The van der Waals surface area contributed by atoms with Crippen molar-refractivity contribution in [2.24, 2.45) is 17.2 Å². The summed E-state index contributed by atoms with van der Waals surface area (Å²) < 4.78 is 5.06. The number of hydrogen-bond donors (Lipinski definition) is 4. The largest absolute Gasteiger partial charge is 0.497 e. The van der Waals surface area contributed by atoms with E-state index in [0.717, 1.165) is 11.3 Å². The van der Waals surface area contributed by atoms with Gasteiger partial charge in [-0.2, -0.15) is 0 Å². The van der Waals surface area contributed by atoms with E-state index in [2.05, 4.69) is 11.9 Å². The monoisotopic (exact) mass is 234 g/mol. The summed E-state index contributed by atoms with van der Waals surface area (Å²) in [5, 5.41) is 2.97. The first-order chi connectivity index (χ1) is 8.04. The van der Waals surface area contributed by atoms with Crippen LogP contribution in [0.2, 0.25) is 0 Å². The fraction of sp³-hybridized carbons (Fsp3) is 0.167. The lowest BCUT2D eigenvalue weighted by Gasteiger charge is -2.10. The molecule has 5 nitrogen and oxygen atoms in total. The molecule has 1 aromatic rings. The standard InChI is InChI=1S/C12H18N4O/c1-8(13)11(14)12(15)16-7-9-3-5-10(17-2)6-4-9/h3-6,16H,1,7,13-15H2,2H3/b12-11-. The van der Waals surface area contributed by atoms with Gasteiger partial charge >= 0.3 is 0 Å². The van der Waals surface area contributed by atoms with Crippen molar-refractivity contribution >= 4 is 0 Å². The third-order valence-electron chi connectivity index (χ3n) is 2.28. The number of methoxy groups -OCH3 is 1. The van der Waals surface area contributed by atoms with E-state index in [9.17, 15) is 0 Å². The Labute approximate surface area is 101 Å². The Hall–Kier alpha value is -2.30. The number of ether oxygens (including phenoxy) is 1. The van der Waals surface area contributed by atoms with E-state index in [-0.39, 0.29) is 11.4 Å². The molecule has 0 amide bonds. The molecule has 1 aromatic carbocycles. The van der Waals surface area contributed by atoms with Crippen molar-refractivity contribution in [1.82, 2.24) is 5.32 Å². The zero-order valence-electron chi connectivity index (χ0n) is 9.86. The number of nitrogens with one attached hydrogen (secondary N) is 1. The second-order valence-corrected chi connectivity index (χ2v) is 3.55. The lowest BCUT2D eigenvalue weighted by atomic mass is 10.2. The lowest BCUT2D eigenvalue weighted by Crippen LogP contribution is -2.26. The molecule has 0 spiro atoms. The maximum Gasteiger partial charge on any atom is 0.122 e. The molecule has 0 heterocycles. The Morgan fingerprint density at radius 3 is 2.29 bits per heavy atom. The van der Waals surface area contributed by atoms with Crippen LogP contribution in [0.1, 0.15) is 5.56 Å². The molecule has 0 aromatic heterocycles. The highest BCUT2D eigenvalue weighted by Gasteiger charge is 2.00. The molecule has 92 valence electrons. The van der Waals surface area contributed by atoms with Gasteiger partial charge in [0.1, 0.15) is 11.6 Å². The van der Waals surface area contributed by atoms with Gasteiger partial charge in [-0.05, 0) is 17.7 Å². The van der Waals surface area contributed by atoms with E-state index in [1.165, 1.54) is 0 Å². The van der Waals surface area contributed by atoms with Crippen LogP contribution in [0.15, 0.2) is 48.1 Å². The molecule has 5 heteroatoms. The third kappa shape index (κ3) is 3.64. The molecule has 0 bridgehead atoms. The predicted octanol–water partition coefficient (Wildman–Crippen LogP) is 0.344. The van der Waals surface area contributed by atoms with Crippen LogP contribution in [-0.4, -0.2) is 7.11 Å². The van der Waals surface area contributed by atoms with Gasteiger partial charge in [0, 0.05) is 6.54 Å². The van der Waals surface area contributed by atoms with Crippen molar-refractivity contribution < 1.29 is 4.74 Å². The van der Waals surface area contributed by atoms with Gasteiger partial charge in [-0.25, -0.2) is 0 Å². The van der Waals surface area contributed by atoms with Gasteiger partial charge in [-0.3, -0.25) is 0 Å². The van der Waals surface area contributed by atoms with Crippen LogP contribution in [0.5, 0.6) is 5.75 Å². The van der Waals surface area contributed by atoms with Crippen molar-refractivity contribution in [3.8, 4) is 5.75 Å². The van der Waals surface area contributed by atoms with Crippen molar-refractivity contribution in [2.75, 3.05) is 7.11 Å². The van der Waals surface area contributed by atoms with E-state index in [0.29, 0.717) is 12.4 Å². The van der Waals surface area contributed by atoms with Gasteiger partial charge in [0.2, 0.25) is 0 Å². The third-order valence-corrected chi connectivity index (χ3v) is 2.28. The number of nitrogens with two attached hydrogens (primary N) is 3. The van der Waals surface area contributed by atoms with Gasteiger partial charge in [-0.15, -0.1) is 0 Å². The van der Waals surface area contributed by atoms with E-state index in [1.54, 1.807) is 7.11 Å². The molecule has 0 radical (unpaired) electrons. The summed E-state index contributed by atoms with van der Waals surface area (Å²) in [7, 11) is 1.63. The maximum absolute atomic E-state index is 5.70. The first-order valence-electron chi connectivity index (χ1n) is 5.11. The van der Waals surface area contributed by atoms with Gasteiger partial charge in [0.05, 0.1) is 18.5 Å². The normalized spacial score (nSPS) is 11.6. The summed E-state index contributed by atoms with van der Waals surface area (Å²) in [5.74, 6) is 1.14. The van der Waals surface area contributed by atoms with E-state index < -0.39 is 0 Å².